The summed E-state index contributed by atoms with van der Waals surface area (Å²) >= 11 is 0. The highest BCUT2D eigenvalue weighted by molar-refractivity contribution is 5.92. The molecule has 0 bridgehead atoms. The van der Waals surface area contributed by atoms with E-state index in [1.807, 2.05) is 32.9 Å². The molecule has 0 aliphatic carbocycles. The molecule has 0 unspecified atom stereocenters. The number of fused-ring (bicyclic) bond motifs is 1. The Morgan fingerprint density at radius 1 is 1.18 bits per heavy atom. The molecule has 0 spiro atoms. The van der Waals surface area contributed by atoms with E-state index in [9.17, 15) is 14.0 Å². The third-order valence-corrected chi connectivity index (χ3v) is 6.12. The number of amides is 1. The van der Waals surface area contributed by atoms with E-state index in [1.165, 1.54) is 6.07 Å². The molecule has 8 nitrogen and oxygen atoms in total. The first-order valence-electron chi connectivity index (χ1n) is 11.2. The second-order valence-corrected chi connectivity index (χ2v) is 9.52. The Morgan fingerprint density at radius 3 is 2.62 bits per heavy atom. The van der Waals surface area contributed by atoms with Gasteiger partial charge in [-0.25, -0.2) is 4.39 Å². The van der Waals surface area contributed by atoms with Gasteiger partial charge >= 0.3 is 0 Å². The van der Waals surface area contributed by atoms with Crippen molar-refractivity contribution in [3.05, 3.63) is 70.3 Å². The predicted octanol–water partition coefficient (Wildman–Crippen LogP) is 3.13. The lowest BCUT2D eigenvalue weighted by Gasteiger charge is -2.36. The van der Waals surface area contributed by atoms with Gasteiger partial charge in [0, 0.05) is 13.0 Å². The van der Waals surface area contributed by atoms with Crippen LogP contribution in [-0.2, 0) is 34.3 Å². The maximum Gasteiger partial charge on any atom is 0.231 e. The van der Waals surface area contributed by atoms with Crippen LogP contribution in [-0.4, -0.2) is 50.9 Å². The van der Waals surface area contributed by atoms with Crippen molar-refractivity contribution < 1.29 is 18.7 Å². The molecule has 1 atom stereocenters. The third-order valence-electron chi connectivity index (χ3n) is 6.12. The molecule has 1 aliphatic rings. The van der Waals surface area contributed by atoms with Gasteiger partial charge in [-0.2, -0.15) is 5.21 Å². The van der Waals surface area contributed by atoms with Crippen molar-refractivity contribution in [3.63, 3.8) is 0 Å². The van der Waals surface area contributed by atoms with Crippen molar-refractivity contribution in [1.82, 2.24) is 25.5 Å². The smallest absolute Gasteiger partial charge is 0.231 e. The van der Waals surface area contributed by atoms with E-state index in [0.717, 1.165) is 11.1 Å². The highest BCUT2D eigenvalue weighted by Crippen LogP contribution is 2.34. The average molecular weight is 466 g/mol. The fourth-order valence-electron chi connectivity index (χ4n) is 4.42. The highest BCUT2D eigenvalue weighted by Gasteiger charge is 2.36. The summed E-state index contributed by atoms with van der Waals surface area (Å²) < 4.78 is 20.1. The van der Waals surface area contributed by atoms with Crippen LogP contribution in [0.5, 0.6) is 5.75 Å². The lowest BCUT2D eigenvalue weighted by Crippen LogP contribution is -2.44. The maximum atomic E-state index is 14.8. The number of ether oxygens (including phenoxy) is 1. The van der Waals surface area contributed by atoms with Crippen molar-refractivity contribution in [2.24, 2.45) is 0 Å². The molecule has 0 saturated heterocycles. The van der Waals surface area contributed by atoms with Crippen LogP contribution in [0.3, 0.4) is 0 Å². The first-order valence-corrected chi connectivity index (χ1v) is 11.2. The van der Waals surface area contributed by atoms with Crippen LogP contribution in [0.15, 0.2) is 36.4 Å². The van der Waals surface area contributed by atoms with Gasteiger partial charge in [0.1, 0.15) is 17.6 Å². The van der Waals surface area contributed by atoms with Gasteiger partial charge in [0.15, 0.2) is 11.6 Å². The Hall–Kier alpha value is -3.62. The molecule has 34 heavy (non-hydrogen) atoms. The number of methoxy groups -OCH3 is 1. The van der Waals surface area contributed by atoms with Crippen LogP contribution in [0.1, 0.15) is 54.9 Å². The minimum atomic E-state index is -0.792. The van der Waals surface area contributed by atoms with Crippen LogP contribution in [0, 0.1) is 5.82 Å². The molecule has 0 fully saturated rings. The molecule has 0 saturated carbocycles. The Kier molecular flexibility index (Phi) is 6.45. The first kappa shape index (κ1) is 23.5. The molecule has 1 N–H and O–H groups in total. The monoisotopic (exact) mass is 465 g/mol. The largest absolute Gasteiger partial charge is 0.497 e. The molecule has 9 heteroatoms. The van der Waals surface area contributed by atoms with Crippen LogP contribution in [0.4, 0.5) is 4.39 Å². The van der Waals surface area contributed by atoms with Crippen LogP contribution in [0.25, 0.3) is 0 Å². The number of ketones is 1. The summed E-state index contributed by atoms with van der Waals surface area (Å²) in [7, 11) is 1.59. The zero-order chi connectivity index (χ0) is 24.5. The molecule has 1 aliphatic heterocycles. The number of nitrogens with zero attached hydrogens (tertiary/aromatic N) is 4. The van der Waals surface area contributed by atoms with E-state index in [1.54, 1.807) is 30.2 Å². The molecule has 4 rings (SSSR count). The lowest BCUT2D eigenvalue weighted by molar-refractivity contribution is -0.139. The van der Waals surface area contributed by atoms with Gasteiger partial charge in [-0.1, -0.05) is 44.2 Å². The second-order valence-electron chi connectivity index (χ2n) is 9.52. The average Bonchev–Trinajstić information content (AvgIpc) is 3.29. The van der Waals surface area contributed by atoms with Crippen LogP contribution < -0.4 is 4.74 Å². The summed E-state index contributed by atoms with van der Waals surface area (Å²) in [5, 5.41) is 13.5. The summed E-state index contributed by atoms with van der Waals surface area (Å²) in [5.74, 6) is 0.163. The molecule has 2 aromatic carbocycles. The number of halogens is 1. The van der Waals surface area contributed by atoms with Gasteiger partial charge in [-0.15, -0.1) is 10.2 Å². The molecule has 1 aromatic heterocycles. The summed E-state index contributed by atoms with van der Waals surface area (Å²) in [4.78, 5) is 28.3. The number of carbonyl (C=O) groups is 2. The standard InChI is InChI=1S/C25H28FN5O3/c1-25(2,3)19-8-5-15(11-20(19)26)12-21(32)24-18-7-6-17(34-4)13-16(18)9-10-31(24)23(33)14-22-27-29-30-28-22/h5-8,11,13,24H,9-10,12,14H2,1-4H3,(H,27,28,29,30)/t24-/m1/s1. The van der Waals surface area contributed by atoms with Gasteiger partial charge in [-0.05, 0) is 52.3 Å². The number of tetrazole rings is 1. The van der Waals surface area contributed by atoms with Crippen molar-refractivity contribution >= 4 is 11.7 Å². The van der Waals surface area contributed by atoms with E-state index < -0.39 is 6.04 Å². The summed E-state index contributed by atoms with van der Waals surface area (Å²) in [6.07, 6.45) is 0.521. The van der Waals surface area contributed by atoms with Crippen molar-refractivity contribution in [2.75, 3.05) is 13.7 Å². The van der Waals surface area contributed by atoms with Gasteiger partial charge in [0.25, 0.3) is 0 Å². The molecule has 1 amide bonds. The number of Topliss-reactive ketones (excluding diaryl/α,β-unsaturated/α-hetero) is 1. The number of nitrogens with one attached hydrogen (secondary N) is 1. The number of H-pyrrole nitrogens is 1. The number of rotatable bonds is 6. The van der Waals surface area contributed by atoms with Crippen LogP contribution in [0.2, 0.25) is 0 Å². The third kappa shape index (κ3) is 4.83. The van der Waals surface area contributed by atoms with Crippen molar-refractivity contribution in [1.29, 1.82) is 0 Å². The van der Waals surface area contributed by atoms with Crippen LogP contribution >= 0.6 is 0 Å². The number of hydrogen-bond acceptors (Lipinski definition) is 6. The van der Waals surface area contributed by atoms with Gasteiger partial charge in [0.2, 0.25) is 5.91 Å². The molecule has 2 heterocycles. The quantitative estimate of drug-likeness (QED) is 0.600. The zero-order valence-corrected chi connectivity index (χ0v) is 19.8. The minimum absolute atomic E-state index is 0.00344. The number of benzene rings is 2. The normalized spacial score (nSPS) is 15.7. The van der Waals surface area contributed by atoms with Gasteiger partial charge in [-0.3, -0.25) is 9.59 Å². The number of aromatic nitrogens is 4. The topological polar surface area (TPSA) is 101 Å². The SMILES string of the molecule is COc1ccc2c(c1)CCN(C(=O)Cc1nn[nH]n1)[C@H]2C(=O)Cc1ccc(C(C)(C)C)c(F)c1. The van der Waals surface area contributed by atoms with E-state index in [-0.39, 0.29) is 41.6 Å². The Bertz CT molecular complexity index is 1200. The van der Waals surface area contributed by atoms with Gasteiger partial charge < -0.3 is 9.64 Å². The zero-order valence-electron chi connectivity index (χ0n) is 19.8. The minimum Gasteiger partial charge on any atom is -0.497 e. The predicted molar refractivity (Wildman–Crippen MR) is 123 cm³/mol. The Labute approximate surface area is 197 Å². The highest BCUT2D eigenvalue weighted by atomic mass is 19.1. The summed E-state index contributed by atoms with van der Waals surface area (Å²) in [6, 6.07) is 9.65. The Balaban J connectivity index is 1.65. The van der Waals surface area contributed by atoms with E-state index >= 15 is 0 Å². The summed E-state index contributed by atoms with van der Waals surface area (Å²) in [6.45, 7) is 6.19. The number of carbonyl (C=O) groups excluding carboxylic acids is 2. The van der Waals surface area contributed by atoms with Crippen molar-refractivity contribution in [3.8, 4) is 5.75 Å². The first-order chi connectivity index (χ1) is 16.2. The number of aromatic amines is 1. The summed E-state index contributed by atoms with van der Waals surface area (Å²) in [5.41, 5.74) is 2.53. The fraction of sp³-hybridized carbons (Fsp3) is 0.400. The van der Waals surface area contributed by atoms with Crippen molar-refractivity contribution in [2.45, 2.75) is 51.5 Å². The van der Waals surface area contributed by atoms with Gasteiger partial charge in [0.05, 0.1) is 13.5 Å². The molecular formula is C25H28FN5O3. The molecule has 178 valence electrons. The lowest BCUT2D eigenvalue weighted by atomic mass is 9.85. The van der Waals surface area contributed by atoms with E-state index in [2.05, 4.69) is 20.6 Å². The fourth-order valence-corrected chi connectivity index (χ4v) is 4.42. The molecular weight excluding hydrogens is 437 g/mol. The molecule has 0 radical (unpaired) electrons. The second kappa shape index (κ2) is 9.32. The molecule has 3 aromatic rings. The van der Waals surface area contributed by atoms with E-state index in [0.29, 0.717) is 29.8 Å². The van der Waals surface area contributed by atoms with E-state index in [4.69, 9.17) is 4.74 Å². The Morgan fingerprint density at radius 2 is 1.97 bits per heavy atom. The number of hydrogen-bond donors (Lipinski definition) is 1. The maximum absolute atomic E-state index is 14.8.